The third-order valence-electron chi connectivity index (χ3n) is 4.77. The summed E-state index contributed by atoms with van der Waals surface area (Å²) in [6.07, 6.45) is 0. The van der Waals surface area contributed by atoms with Crippen LogP contribution < -0.4 is 4.74 Å². The van der Waals surface area contributed by atoms with Gasteiger partial charge in [-0.3, -0.25) is 18.5 Å². The van der Waals surface area contributed by atoms with E-state index in [1.165, 1.54) is 18.2 Å². The van der Waals surface area contributed by atoms with Crippen LogP contribution in [0.15, 0.2) is 51.1 Å². The van der Waals surface area contributed by atoms with Crippen molar-refractivity contribution in [2.75, 3.05) is 0 Å². The van der Waals surface area contributed by atoms with E-state index in [1.807, 2.05) is 0 Å². The highest BCUT2D eigenvalue weighted by Crippen LogP contribution is 2.48. The van der Waals surface area contributed by atoms with Gasteiger partial charge < -0.3 is 4.74 Å². The molecule has 0 aliphatic rings. The number of carbonyl (C=O) groups excluding carboxylic acids is 1. The fraction of sp³-hybridized carbons (Fsp3) is 0.0556. The average Bonchev–Trinajstić information content (AvgIpc) is 2.62. The standard InChI is InChI=1S/C18H12O11S3/c1-8(19)29-12-7-10-4-2-3-9-5-6-11-14(13(9)10)15(12)17(31(23,24)25)18(32(26,27)28)16(11)30(20,21)22/h2-7H,1H3,(H,20,21,22)(H,23,24,25)(H,26,27,28). The summed E-state index contributed by atoms with van der Waals surface area (Å²) in [6.45, 7) is 0.975. The van der Waals surface area contributed by atoms with E-state index in [-0.39, 0.29) is 10.8 Å². The van der Waals surface area contributed by atoms with Gasteiger partial charge >= 0.3 is 5.97 Å². The quantitative estimate of drug-likeness (QED) is 0.161. The molecule has 0 aliphatic heterocycles. The molecule has 0 radical (unpaired) electrons. The number of ether oxygens (including phenoxy) is 1. The minimum Gasteiger partial charge on any atom is -0.426 e. The van der Waals surface area contributed by atoms with Gasteiger partial charge in [-0.25, -0.2) is 0 Å². The van der Waals surface area contributed by atoms with Crippen molar-refractivity contribution in [1.82, 2.24) is 0 Å². The lowest BCUT2D eigenvalue weighted by molar-refractivity contribution is -0.131. The van der Waals surface area contributed by atoms with Gasteiger partial charge in [0.25, 0.3) is 30.4 Å². The molecule has 0 spiro atoms. The Morgan fingerprint density at radius 1 is 0.719 bits per heavy atom. The Hall–Kier alpha value is -2.88. The topological polar surface area (TPSA) is 189 Å². The molecule has 4 aromatic rings. The molecule has 0 saturated heterocycles. The highest BCUT2D eigenvalue weighted by Gasteiger charge is 2.38. The summed E-state index contributed by atoms with van der Waals surface area (Å²) in [5, 5.41) is -0.352. The van der Waals surface area contributed by atoms with E-state index in [0.717, 1.165) is 13.0 Å². The molecule has 0 aromatic heterocycles. The van der Waals surface area contributed by atoms with Gasteiger partial charge in [0.05, 0.1) is 0 Å². The minimum absolute atomic E-state index is 0.229. The molecule has 4 aromatic carbocycles. The zero-order valence-electron chi connectivity index (χ0n) is 15.8. The lowest BCUT2D eigenvalue weighted by Gasteiger charge is -2.20. The van der Waals surface area contributed by atoms with Gasteiger partial charge in [-0.15, -0.1) is 0 Å². The van der Waals surface area contributed by atoms with E-state index in [4.69, 9.17) is 4.74 Å². The first-order valence-electron chi connectivity index (χ1n) is 8.50. The molecule has 32 heavy (non-hydrogen) atoms. The lowest BCUT2D eigenvalue weighted by atomic mass is 9.93. The molecule has 0 atom stereocenters. The zero-order chi connectivity index (χ0) is 23.8. The van der Waals surface area contributed by atoms with Gasteiger partial charge in [0.15, 0.2) is 0 Å². The molecule has 0 saturated carbocycles. The van der Waals surface area contributed by atoms with E-state index >= 15 is 0 Å². The van der Waals surface area contributed by atoms with E-state index in [9.17, 15) is 43.7 Å². The summed E-state index contributed by atoms with van der Waals surface area (Å²) >= 11 is 0. The lowest BCUT2D eigenvalue weighted by Crippen LogP contribution is -2.16. The fourth-order valence-electron chi connectivity index (χ4n) is 3.85. The maximum Gasteiger partial charge on any atom is 0.308 e. The Bertz CT molecular complexity index is 1790. The van der Waals surface area contributed by atoms with Crippen molar-refractivity contribution < 1.29 is 48.4 Å². The zero-order valence-corrected chi connectivity index (χ0v) is 18.2. The molecule has 0 amide bonds. The molecular weight excluding hydrogens is 488 g/mol. The van der Waals surface area contributed by atoms with Crippen LogP contribution in [0.1, 0.15) is 6.92 Å². The third kappa shape index (κ3) is 3.37. The number of rotatable bonds is 4. The molecular formula is C18H12O11S3. The van der Waals surface area contributed by atoms with Crippen LogP contribution in [0.5, 0.6) is 5.75 Å². The van der Waals surface area contributed by atoms with Crippen molar-refractivity contribution in [3.05, 3.63) is 36.4 Å². The molecule has 168 valence electrons. The Morgan fingerprint density at radius 3 is 1.81 bits per heavy atom. The van der Waals surface area contributed by atoms with E-state index in [1.54, 1.807) is 12.1 Å². The molecule has 0 bridgehead atoms. The number of hydrogen-bond acceptors (Lipinski definition) is 8. The summed E-state index contributed by atoms with van der Waals surface area (Å²) in [7, 11) is -16.8. The van der Waals surface area contributed by atoms with Crippen LogP contribution in [-0.2, 0) is 35.1 Å². The normalized spacial score (nSPS) is 13.2. The third-order valence-corrected chi connectivity index (χ3v) is 7.82. The summed E-state index contributed by atoms with van der Waals surface area (Å²) < 4.78 is 108. The first-order chi connectivity index (χ1) is 14.6. The van der Waals surface area contributed by atoms with Crippen molar-refractivity contribution in [3.8, 4) is 5.75 Å². The Kier molecular flexibility index (Phi) is 4.75. The summed E-state index contributed by atoms with van der Waals surface area (Å²) in [4.78, 5) is 6.89. The largest absolute Gasteiger partial charge is 0.426 e. The highest BCUT2D eigenvalue weighted by atomic mass is 32.2. The highest BCUT2D eigenvalue weighted by molar-refractivity contribution is 7.90. The van der Waals surface area contributed by atoms with Gasteiger partial charge in [-0.2, -0.15) is 25.3 Å². The number of benzene rings is 4. The molecule has 11 nitrogen and oxygen atoms in total. The van der Waals surface area contributed by atoms with Crippen LogP contribution in [0.2, 0.25) is 0 Å². The van der Waals surface area contributed by atoms with E-state index in [2.05, 4.69) is 0 Å². The summed E-state index contributed by atoms with van der Waals surface area (Å²) in [5.41, 5.74) is 0. The Balaban J connectivity index is 2.58. The predicted octanol–water partition coefficient (Wildman–Crippen LogP) is 2.25. The van der Waals surface area contributed by atoms with E-state index < -0.39 is 67.5 Å². The van der Waals surface area contributed by atoms with Crippen molar-refractivity contribution >= 4 is 68.6 Å². The number of carbonyl (C=O) groups is 1. The van der Waals surface area contributed by atoms with Crippen LogP contribution >= 0.6 is 0 Å². The summed E-state index contributed by atoms with van der Waals surface area (Å²) in [6, 6.07) is 8.39. The van der Waals surface area contributed by atoms with Crippen molar-refractivity contribution in [2.45, 2.75) is 21.6 Å². The minimum atomic E-state index is -5.68. The van der Waals surface area contributed by atoms with Crippen molar-refractivity contribution in [1.29, 1.82) is 0 Å². The smallest absolute Gasteiger partial charge is 0.308 e. The summed E-state index contributed by atoms with van der Waals surface area (Å²) in [5.74, 6) is -1.46. The van der Waals surface area contributed by atoms with Gasteiger partial charge in [0, 0.05) is 23.1 Å². The Morgan fingerprint density at radius 2 is 1.28 bits per heavy atom. The van der Waals surface area contributed by atoms with Crippen LogP contribution in [0, 0.1) is 0 Å². The fourth-order valence-corrected chi connectivity index (χ4v) is 7.44. The number of hydrogen-bond donors (Lipinski definition) is 3. The van der Waals surface area contributed by atoms with Crippen LogP contribution in [0.3, 0.4) is 0 Å². The maximum absolute atomic E-state index is 12.3. The molecule has 4 rings (SSSR count). The number of esters is 1. The Labute approximate surface area is 180 Å². The van der Waals surface area contributed by atoms with Gasteiger partial charge in [-0.1, -0.05) is 30.3 Å². The predicted molar refractivity (Wildman–Crippen MR) is 111 cm³/mol. The maximum atomic E-state index is 12.3. The van der Waals surface area contributed by atoms with Crippen LogP contribution in [0.4, 0.5) is 0 Å². The molecule has 3 N–H and O–H groups in total. The van der Waals surface area contributed by atoms with Crippen LogP contribution in [0.25, 0.3) is 32.3 Å². The van der Waals surface area contributed by atoms with Crippen molar-refractivity contribution in [2.24, 2.45) is 0 Å². The molecule has 0 unspecified atom stereocenters. The molecule has 0 heterocycles. The second-order valence-corrected chi connectivity index (χ2v) is 10.9. The molecule has 0 fully saturated rings. The molecule has 0 aliphatic carbocycles. The van der Waals surface area contributed by atoms with Gasteiger partial charge in [-0.05, 0) is 22.2 Å². The second kappa shape index (κ2) is 6.81. The van der Waals surface area contributed by atoms with Crippen molar-refractivity contribution in [3.63, 3.8) is 0 Å². The molecule has 14 heteroatoms. The second-order valence-electron chi connectivity index (χ2n) is 6.82. The monoisotopic (exact) mass is 500 g/mol. The van der Waals surface area contributed by atoms with E-state index in [0.29, 0.717) is 10.8 Å². The first kappa shape index (κ1) is 22.3. The average molecular weight is 500 g/mol. The first-order valence-corrected chi connectivity index (χ1v) is 12.8. The van der Waals surface area contributed by atoms with Gasteiger partial charge in [0.1, 0.15) is 20.4 Å². The van der Waals surface area contributed by atoms with Gasteiger partial charge in [0.2, 0.25) is 0 Å². The van der Waals surface area contributed by atoms with Crippen LogP contribution in [-0.4, -0.2) is 44.9 Å². The SMILES string of the molecule is CC(=O)Oc1cc2cccc3ccc4c(S(=O)(=O)O)c(S(=O)(=O)O)c(S(=O)(=O)O)c1c4c32.